The highest BCUT2D eigenvalue weighted by Gasteiger charge is 2.00. The second-order valence-electron chi connectivity index (χ2n) is 2.51. The average molecular weight is 154 g/mol. The van der Waals surface area contributed by atoms with Gasteiger partial charge < -0.3 is 5.32 Å². The van der Waals surface area contributed by atoms with Gasteiger partial charge in [-0.2, -0.15) is 0 Å². The third-order valence-corrected chi connectivity index (χ3v) is 1.65. The van der Waals surface area contributed by atoms with E-state index in [-0.39, 0.29) is 0 Å². The number of hydrogen-bond acceptors (Lipinski definition) is 2. The minimum absolute atomic E-state index is 0.402. The van der Waals surface area contributed by atoms with Crippen LogP contribution >= 0.6 is 0 Å². The predicted molar refractivity (Wildman–Crippen MR) is 51.3 cm³/mol. The predicted octanol–water partition coefficient (Wildman–Crippen LogP) is 1.63. The van der Waals surface area contributed by atoms with Crippen molar-refractivity contribution in [3.8, 4) is 0 Å². The fourth-order valence-electron chi connectivity index (χ4n) is 0.893. The van der Waals surface area contributed by atoms with Crippen molar-refractivity contribution in [1.82, 2.24) is 5.32 Å². The van der Waals surface area contributed by atoms with Crippen LogP contribution in [0.15, 0.2) is 16.6 Å². The van der Waals surface area contributed by atoms with Crippen molar-refractivity contribution < 1.29 is 0 Å². The van der Waals surface area contributed by atoms with Crippen molar-refractivity contribution in [3.05, 3.63) is 11.6 Å². The van der Waals surface area contributed by atoms with Gasteiger partial charge in [0, 0.05) is 19.3 Å². The van der Waals surface area contributed by atoms with E-state index in [0.717, 1.165) is 6.42 Å². The molecule has 11 heavy (non-hydrogen) atoms. The Balaban J connectivity index is 4.21. The first-order chi connectivity index (χ1) is 5.26. The van der Waals surface area contributed by atoms with Gasteiger partial charge in [-0.05, 0) is 26.0 Å². The van der Waals surface area contributed by atoms with Gasteiger partial charge in [0.15, 0.2) is 0 Å². The van der Waals surface area contributed by atoms with E-state index < -0.39 is 0 Å². The molecule has 0 bridgehead atoms. The highest BCUT2D eigenvalue weighted by Crippen LogP contribution is 1.99. The van der Waals surface area contributed by atoms with Crippen molar-refractivity contribution >= 4 is 6.21 Å². The lowest BCUT2D eigenvalue weighted by molar-refractivity contribution is 0.711. The van der Waals surface area contributed by atoms with Gasteiger partial charge >= 0.3 is 0 Å². The van der Waals surface area contributed by atoms with E-state index in [1.807, 2.05) is 13.3 Å². The Labute approximate surface area is 69.4 Å². The van der Waals surface area contributed by atoms with E-state index in [1.165, 1.54) is 5.57 Å². The SMILES string of the molecule is CCC=C(C=NC)C(C)NC. The van der Waals surface area contributed by atoms with E-state index in [2.05, 4.69) is 30.2 Å². The van der Waals surface area contributed by atoms with Crippen LogP contribution in [0.1, 0.15) is 20.3 Å². The Bertz CT molecular complexity index is 148. The first-order valence-corrected chi connectivity index (χ1v) is 4.05. The summed E-state index contributed by atoms with van der Waals surface area (Å²) in [5.41, 5.74) is 1.26. The molecule has 0 aliphatic carbocycles. The molecule has 0 aromatic rings. The molecule has 0 spiro atoms. The normalized spacial score (nSPS) is 15.8. The fraction of sp³-hybridized carbons (Fsp3) is 0.667. The first kappa shape index (κ1) is 10.4. The molecular formula is C9H18N2. The van der Waals surface area contributed by atoms with Crippen molar-refractivity contribution in [2.75, 3.05) is 14.1 Å². The summed E-state index contributed by atoms with van der Waals surface area (Å²) in [4.78, 5) is 3.99. The standard InChI is InChI=1S/C9H18N2/c1-5-6-9(7-10-3)8(2)11-4/h6-8,11H,5H2,1-4H3. The summed E-state index contributed by atoms with van der Waals surface area (Å²) in [5, 5.41) is 3.18. The molecule has 0 saturated heterocycles. The highest BCUT2D eigenvalue weighted by molar-refractivity contribution is 5.79. The maximum absolute atomic E-state index is 3.99. The zero-order valence-electron chi connectivity index (χ0n) is 7.89. The van der Waals surface area contributed by atoms with Gasteiger partial charge in [0.25, 0.3) is 0 Å². The summed E-state index contributed by atoms with van der Waals surface area (Å²) in [6, 6.07) is 0.402. The monoisotopic (exact) mass is 154 g/mol. The molecule has 0 saturated carbocycles. The molecule has 0 radical (unpaired) electrons. The maximum Gasteiger partial charge on any atom is 0.0300 e. The van der Waals surface area contributed by atoms with Crippen LogP contribution in [0.3, 0.4) is 0 Å². The number of nitrogens with zero attached hydrogens (tertiary/aromatic N) is 1. The minimum atomic E-state index is 0.402. The van der Waals surface area contributed by atoms with Crippen LogP contribution in [0.4, 0.5) is 0 Å². The van der Waals surface area contributed by atoms with Crippen LogP contribution < -0.4 is 5.32 Å². The molecule has 0 aliphatic heterocycles. The van der Waals surface area contributed by atoms with Gasteiger partial charge in [-0.1, -0.05) is 13.0 Å². The maximum atomic E-state index is 3.99. The highest BCUT2D eigenvalue weighted by atomic mass is 14.9. The smallest absolute Gasteiger partial charge is 0.0300 e. The number of rotatable bonds is 4. The summed E-state index contributed by atoms with van der Waals surface area (Å²) >= 11 is 0. The van der Waals surface area contributed by atoms with Gasteiger partial charge in [-0.25, -0.2) is 0 Å². The Kier molecular flexibility index (Phi) is 5.75. The van der Waals surface area contributed by atoms with Gasteiger partial charge in [0.1, 0.15) is 0 Å². The molecule has 1 N–H and O–H groups in total. The molecular weight excluding hydrogens is 136 g/mol. The third-order valence-electron chi connectivity index (χ3n) is 1.65. The molecule has 0 amide bonds. The molecule has 0 fully saturated rings. The molecule has 0 heterocycles. The molecule has 0 aromatic heterocycles. The van der Waals surface area contributed by atoms with E-state index >= 15 is 0 Å². The Morgan fingerprint density at radius 3 is 2.64 bits per heavy atom. The molecule has 0 aromatic carbocycles. The fourth-order valence-corrected chi connectivity index (χ4v) is 0.893. The largest absolute Gasteiger partial charge is 0.313 e. The molecule has 1 unspecified atom stereocenters. The summed E-state index contributed by atoms with van der Waals surface area (Å²) in [7, 11) is 3.75. The number of hydrogen-bond donors (Lipinski definition) is 1. The van der Waals surface area contributed by atoms with Crippen LogP contribution in [0, 0.1) is 0 Å². The number of nitrogens with one attached hydrogen (secondary N) is 1. The lowest BCUT2D eigenvalue weighted by Crippen LogP contribution is -2.24. The second kappa shape index (κ2) is 6.10. The minimum Gasteiger partial charge on any atom is -0.313 e. The Morgan fingerprint density at radius 2 is 2.27 bits per heavy atom. The van der Waals surface area contributed by atoms with E-state index in [1.54, 1.807) is 7.05 Å². The van der Waals surface area contributed by atoms with Gasteiger partial charge in [0.05, 0.1) is 0 Å². The summed E-state index contributed by atoms with van der Waals surface area (Å²) in [5.74, 6) is 0. The van der Waals surface area contributed by atoms with E-state index in [9.17, 15) is 0 Å². The molecule has 2 heteroatoms. The average Bonchev–Trinajstić information content (AvgIpc) is 2.03. The second-order valence-corrected chi connectivity index (χ2v) is 2.51. The zero-order chi connectivity index (χ0) is 8.69. The summed E-state index contributed by atoms with van der Waals surface area (Å²) in [6.07, 6.45) is 5.16. The van der Waals surface area contributed by atoms with Crippen molar-refractivity contribution in [2.45, 2.75) is 26.3 Å². The summed E-state index contributed by atoms with van der Waals surface area (Å²) < 4.78 is 0. The molecule has 2 nitrogen and oxygen atoms in total. The quantitative estimate of drug-likeness (QED) is 0.611. The van der Waals surface area contributed by atoms with Crippen molar-refractivity contribution in [3.63, 3.8) is 0 Å². The van der Waals surface area contributed by atoms with Crippen LogP contribution in [0.25, 0.3) is 0 Å². The number of allylic oxidation sites excluding steroid dienone is 1. The number of aliphatic imine (C=N–C) groups is 1. The van der Waals surface area contributed by atoms with Crippen molar-refractivity contribution in [2.24, 2.45) is 4.99 Å². The lowest BCUT2D eigenvalue weighted by Gasteiger charge is -2.10. The Morgan fingerprint density at radius 1 is 1.64 bits per heavy atom. The third kappa shape index (κ3) is 3.94. The van der Waals surface area contributed by atoms with Crippen LogP contribution in [-0.2, 0) is 0 Å². The zero-order valence-corrected chi connectivity index (χ0v) is 7.89. The van der Waals surface area contributed by atoms with Crippen LogP contribution in [-0.4, -0.2) is 26.4 Å². The Hall–Kier alpha value is -0.630. The molecule has 64 valence electrons. The molecule has 0 aliphatic rings. The molecule has 0 rings (SSSR count). The topological polar surface area (TPSA) is 24.4 Å². The first-order valence-electron chi connectivity index (χ1n) is 4.05. The summed E-state index contributed by atoms with van der Waals surface area (Å²) in [6.45, 7) is 4.26. The van der Waals surface area contributed by atoms with Crippen LogP contribution in [0.2, 0.25) is 0 Å². The van der Waals surface area contributed by atoms with Gasteiger partial charge in [-0.15, -0.1) is 0 Å². The number of likely N-dealkylation sites (N-methyl/N-ethyl adjacent to an activating group) is 1. The van der Waals surface area contributed by atoms with E-state index in [4.69, 9.17) is 0 Å². The molecule has 1 atom stereocenters. The van der Waals surface area contributed by atoms with Crippen molar-refractivity contribution in [1.29, 1.82) is 0 Å². The van der Waals surface area contributed by atoms with E-state index in [0.29, 0.717) is 6.04 Å². The lowest BCUT2D eigenvalue weighted by atomic mass is 10.1. The van der Waals surface area contributed by atoms with Gasteiger partial charge in [-0.3, -0.25) is 4.99 Å². The van der Waals surface area contributed by atoms with Gasteiger partial charge in [0.2, 0.25) is 0 Å². The van der Waals surface area contributed by atoms with Crippen LogP contribution in [0.5, 0.6) is 0 Å².